The molecule has 18 heavy (non-hydrogen) atoms. The van der Waals surface area contributed by atoms with Gasteiger partial charge in [0.2, 0.25) is 0 Å². The monoisotopic (exact) mass is 266 g/mol. The van der Waals surface area contributed by atoms with E-state index in [0.29, 0.717) is 6.04 Å². The van der Waals surface area contributed by atoms with Gasteiger partial charge in [0.05, 0.1) is 0 Å². The van der Waals surface area contributed by atoms with Gasteiger partial charge in [0.1, 0.15) is 0 Å². The molecule has 102 valence electrons. The third kappa shape index (κ3) is 5.01. The summed E-state index contributed by atoms with van der Waals surface area (Å²) >= 11 is 1.96. The van der Waals surface area contributed by atoms with Crippen LogP contribution in [0.15, 0.2) is 29.2 Å². The van der Waals surface area contributed by atoms with Gasteiger partial charge in [0.15, 0.2) is 0 Å². The van der Waals surface area contributed by atoms with Crippen LogP contribution in [0, 0.1) is 0 Å². The van der Waals surface area contributed by atoms with Crippen molar-refractivity contribution in [2.24, 2.45) is 0 Å². The Hall–Kier alpha value is -0.510. The number of rotatable bonds is 8. The van der Waals surface area contributed by atoms with Gasteiger partial charge in [-0.3, -0.25) is 0 Å². The zero-order valence-electron chi connectivity index (χ0n) is 12.1. The first-order valence-electron chi connectivity index (χ1n) is 6.78. The molecule has 3 heteroatoms. The Morgan fingerprint density at radius 2 is 1.94 bits per heavy atom. The predicted molar refractivity (Wildman–Crippen MR) is 82.4 cm³/mol. The van der Waals surface area contributed by atoms with Crippen LogP contribution in [0.25, 0.3) is 0 Å². The van der Waals surface area contributed by atoms with Crippen LogP contribution in [0.5, 0.6) is 0 Å². The van der Waals surface area contributed by atoms with Crippen LogP contribution >= 0.6 is 11.8 Å². The Balaban J connectivity index is 2.71. The van der Waals surface area contributed by atoms with Crippen LogP contribution in [0.4, 0.5) is 0 Å². The van der Waals surface area contributed by atoms with E-state index in [1.54, 1.807) is 0 Å². The number of nitrogens with one attached hydrogen (secondary N) is 1. The molecule has 0 aromatic heterocycles. The average Bonchev–Trinajstić information content (AvgIpc) is 2.36. The lowest BCUT2D eigenvalue weighted by atomic mass is 10.0. The molecule has 0 amide bonds. The lowest BCUT2D eigenvalue weighted by Crippen LogP contribution is -2.21. The summed E-state index contributed by atoms with van der Waals surface area (Å²) in [6.07, 6.45) is 1.14. The molecule has 0 aliphatic carbocycles. The van der Waals surface area contributed by atoms with E-state index in [1.165, 1.54) is 10.5 Å². The molecule has 1 rings (SSSR count). The lowest BCUT2D eigenvalue weighted by molar-refractivity contribution is 0.437. The molecule has 0 heterocycles. The topological polar surface area (TPSA) is 15.3 Å². The van der Waals surface area contributed by atoms with E-state index in [2.05, 4.69) is 62.4 Å². The Kier molecular flexibility index (Phi) is 7.40. The molecule has 0 bridgehead atoms. The van der Waals surface area contributed by atoms with Crippen molar-refractivity contribution in [2.45, 2.75) is 31.2 Å². The maximum absolute atomic E-state index is 3.56. The van der Waals surface area contributed by atoms with Gasteiger partial charge in [-0.15, -0.1) is 11.8 Å². The highest BCUT2D eigenvalue weighted by Gasteiger charge is 2.12. The van der Waals surface area contributed by atoms with Crippen molar-refractivity contribution in [3.63, 3.8) is 0 Å². The Bertz CT molecular complexity index is 339. The number of nitrogens with zero attached hydrogens (tertiary/aromatic N) is 1. The van der Waals surface area contributed by atoms with E-state index in [9.17, 15) is 0 Å². The van der Waals surface area contributed by atoms with Crippen molar-refractivity contribution >= 4 is 11.8 Å². The third-order valence-corrected chi connectivity index (χ3v) is 4.02. The highest BCUT2D eigenvalue weighted by atomic mass is 32.2. The summed E-state index contributed by atoms with van der Waals surface area (Å²) in [5.41, 5.74) is 1.45. The van der Waals surface area contributed by atoms with Crippen molar-refractivity contribution in [2.75, 3.05) is 32.9 Å². The molecule has 0 aliphatic heterocycles. The summed E-state index contributed by atoms with van der Waals surface area (Å²) in [4.78, 5) is 3.66. The molecule has 0 saturated heterocycles. The highest BCUT2D eigenvalue weighted by molar-refractivity contribution is 7.99. The highest BCUT2D eigenvalue weighted by Crippen LogP contribution is 2.28. The van der Waals surface area contributed by atoms with Gasteiger partial charge in [-0.05, 0) is 38.7 Å². The zero-order valence-corrected chi connectivity index (χ0v) is 12.9. The van der Waals surface area contributed by atoms with Gasteiger partial charge < -0.3 is 10.2 Å². The Morgan fingerprint density at radius 3 is 2.56 bits per heavy atom. The second-order valence-electron chi connectivity index (χ2n) is 4.71. The van der Waals surface area contributed by atoms with Crippen LogP contribution in [-0.4, -0.2) is 37.8 Å². The third-order valence-electron chi connectivity index (χ3n) is 2.95. The molecule has 0 radical (unpaired) electrons. The minimum atomic E-state index is 0.484. The van der Waals surface area contributed by atoms with Crippen LogP contribution < -0.4 is 5.32 Å². The molecular formula is C15H26N2S. The van der Waals surface area contributed by atoms with Gasteiger partial charge in [-0.25, -0.2) is 0 Å². The molecule has 1 N–H and O–H groups in total. The van der Waals surface area contributed by atoms with E-state index in [4.69, 9.17) is 0 Å². The first-order chi connectivity index (χ1) is 8.69. The standard InChI is InChI=1S/C15H26N2S/c1-5-14(16-6-2)13-9-7-8-10-15(13)18-12-11-17(3)4/h7-10,14,16H,5-6,11-12H2,1-4H3. The van der Waals surface area contributed by atoms with E-state index in [1.807, 2.05) is 11.8 Å². The zero-order chi connectivity index (χ0) is 13.4. The molecule has 1 aromatic carbocycles. The van der Waals surface area contributed by atoms with E-state index >= 15 is 0 Å². The number of benzene rings is 1. The molecule has 2 nitrogen and oxygen atoms in total. The van der Waals surface area contributed by atoms with Crippen LogP contribution in [0.2, 0.25) is 0 Å². The average molecular weight is 266 g/mol. The largest absolute Gasteiger partial charge is 0.310 e. The summed E-state index contributed by atoms with van der Waals surface area (Å²) in [5, 5.41) is 3.56. The van der Waals surface area contributed by atoms with E-state index < -0.39 is 0 Å². The van der Waals surface area contributed by atoms with Crippen molar-refractivity contribution in [1.29, 1.82) is 0 Å². The minimum absolute atomic E-state index is 0.484. The Labute approximate surface area is 116 Å². The lowest BCUT2D eigenvalue weighted by Gasteiger charge is -2.20. The van der Waals surface area contributed by atoms with Gasteiger partial charge in [0.25, 0.3) is 0 Å². The van der Waals surface area contributed by atoms with Gasteiger partial charge in [0, 0.05) is 23.2 Å². The van der Waals surface area contributed by atoms with Crippen LogP contribution in [-0.2, 0) is 0 Å². The molecule has 1 unspecified atom stereocenters. The van der Waals surface area contributed by atoms with Crippen molar-refractivity contribution in [3.8, 4) is 0 Å². The predicted octanol–water partition coefficient (Wildman–Crippen LogP) is 3.40. The summed E-state index contributed by atoms with van der Waals surface area (Å²) < 4.78 is 0. The second kappa shape index (κ2) is 8.57. The molecule has 1 atom stereocenters. The fourth-order valence-corrected chi connectivity index (χ4v) is 3.19. The van der Waals surface area contributed by atoms with Gasteiger partial charge in [-0.1, -0.05) is 32.0 Å². The summed E-state index contributed by atoms with van der Waals surface area (Å²) in [6.45, 7) is 6.56. The molecule has 1 aromatic rings. The van der Waals surface area contributed by atoms with Crippen molar-refractivity contribution in [3.05, 3.63) is 29.8 Å². The normalized spacial score (nSPS) is 12.9. The van der Waals surface area contributed by atoms with Crippen molar-refractivity contribution in [1.82, 2.24) is 10.2 Å². The summed E-state index contributed by atoms with van der Waals surface area (Å²) in [6, 6.07) is 9.27. The minimum Gasteiger partial charge on any atom is -0.310 e. The first kappa shape index (κ1) is 15.5. The molecule has 0 aliphatic rings. The molecule has 0 spiro atoms. The summed E-state index contributed by atoms with van der Waals surface area (Å²) in [5.74, 6) is 1.15. The van der Waals surface area contributed by atoms with Crippen molar-refractivity contribution < 1.29 is 0 Å². The van der Waals surface area contributed by atoms with Gasteiger partial charge in [-0.2, -0.15) is 0 Å². The van der Waals surface area contributed by atoms with Gasteiger partial charge >= 0.3 is 0 Å². The smallest absolute Gasteiger partial charge is 0.0328 e. The Morgan fingerprint density at radius 1 is 1.22 bits per heavy atom. The number of hydrogen-bond acceptors (Lipinski definition) is 3. The second-order valence-corrected chi connectivity index (χ2v) is 5.84. The fraction of sp³-hybridized carbons (Fsp3) is 0.600. The maximum Gasteiger partial charge on any atom is 0.0328 e. The number of thioether (sulfide) groups is 1. The molecule has 0 fully saturated rings. The SMILES string of the molecule is CCNC(CC)c1ccccc1SCCN(C)C. The molecular weight excluding hydrogens is 240 g/mol. The van der Waals surface area contributed by atoms with E-state index in [0.717, 1.165) is 25.3 Å². The van der Waals surface area contributed by atoms with E-state index in [-0.39, 0.29) is 0 Å². The number of hydrogen-bond donors (Lipinski definition) is 1. The maximum atomic E-state index is 3.56. The molecule has 0 saturated carbocycles. The first-order valence-corrected chi connectivity index (χ1v) is 7.77. The fourth-order valence-electron chi connectivity index (χ4n) is 1.96. The quantitative estimate of drug-likeness (QED) is 0.726. The van der Waals surface area contributed by atoms with Crippen LogP contribution in [0.1, 0.15) is 31.9 Å². The van der Waals surface area contributed by atoms with Crippen LogP contribution in [0.3, 0.4) is 0 Å². The summed E-state index contributed by atoms with van der Waals surface area (Å²) in [7, 11) is 4.25.